The molecular formula is C25H20F3N7O4. The first-order valence-corrected chi connectivity index (χ1v) is 11.8. The highest BCUT2D eigenvalue weighted by atomic mass is 19.4. The standard InChI is InChI=1S/C25H20F3N7O4/c1-2-3-11-39-22(37)14-5-4-6-16(12-14)35-21-18(31-23(35)38)17(19(29)36)30-20(32-21)13-7-9-15(10-8-13)24(33-34-24)25(26,27)28/h4-10,12H,2-3,11H2,1H3,(H2,29,36)(H,31,38). The molecule has 3 heterocycles. The number of esters is 1. The van der Waals surface area contributed by atoms with Gasteiger partial charge in [-0.05, 0) is 24.6 Å². The Morgan fingerprint density at radius 2 is 1.82 bits per heavy atom. The Morgan fingerprint density at radius 3 is 2.44 bits per heavy atom. The van der Waals surface area contributed by atoms with Crippen LogP contribution in [0.2, 0.25) is 0 Å². The van der Waals surface area contributed by atoms with Gasteiger partial charge in [0.25, 0.3) is 5.91 Å². The Kier molecular flexibility index (Phi) is 6.24. The molecule has 14 heteroatoms. The number of imidazole rings is 1. The number of primary amides is 1. The summed E-state index contributed by atoms with van der Waals surface area (Å²) >= 11 is 0. The Bertz CT molecular complexity index is 1680. The van der Waals surface area contributed by atoms with Crippen molar-refractivity contribution in [3.8, 4) is 17.1 Å². The molecule has 4 aromatic rings. The zero-order valence-corrected chi connectivity index (χ0v) is 20.3. The molecule has 0 saturated heterocycles. The van der Waals surface area contributed by atoms with Gasteiger partial charge in [0.05, 0.1) is 17.9 Å². The highest BCUT2D eigenvalue weighted by Gasteiger charge is 2.65. The van der Waals surface area contributed by atoms with Gasteiger partial charge in [-0.3, -0.25) is 4.79 Å². The molecule has 0 radical (unpaired) electrons. The van der Waals surface area contributed by atoms with Crippen molar-refractivity contribution in [2.45, 2.75) is 31.6 Å². The molecule has 5 rings (SSSR count). The third kappa shape index (κ3) is 4.53. The summed E-state index contributed by atoms with van der Waals surface area (Å²) in [5.74, 6) is -1.61. The van der Waals surface area contributed by atoms with Gasteiger partial charge in [0, 0.05) is 11.1 Å². The van der Waals surface area contributed by atoms with Crippen LogP contribution in [0.4, 0.5) is 13.2 Å². The van der Waals surface area contributed by atoms with Crippen LogP contribution in [0.1, 0.15) is 46.2 Å². The Morgan fingerprint density at radius 1 is 1.10 bits per heavy atom. The number of nitrogens with one attached hydrogen (secondary N) is 1. The lowest BCUT2D eigenvalue weighted by Gasteiger charge is -2.15. The minimum Gasteiger partial charge on any atom is -0.462 e. The van der Waals surface area contributed by atoms with Gasteiger partial charge in [-0.1, -0.05) is 43.7 Å². The topological polar surface area (TPSA) is 158 Å². The molecule has 0 spiro atoms. The van der Waals surface area contributed by atoms with Crippen LogP contribution >= 0.6 is 0 Å². The third-order valence-corrected chi connectivity index (χ3v) is 6.08. The second-order valence-corrected chi connectivity index (χ2v) is 8.71. The molecule has 0 bridgehead atoms. The number of carbonyl (C=O) groups excluding carboxylic acids is 2. The summed E-state index contributed by atoms with van der Waals surface area (Å²) in [7, 11) is 0. The quantitative estimate of drug-likeness (QED) is 0.254. The number of amides is 1. The maximum Gasteiger partial charge on any atom is 0.442 e. The fourth-order valence-electron chi connectivity index (χ4n) is 3.99. The smallest absolute Gasteiger partial charge is 0.442 e. The largest absolute Gasteiger partial charge is 0.462 e. The Balaban J connectivity index is 1.59. The number of nitrogens with zero attached hydrogens (tertiary/aromatic N) is 5. The van der Waals surface area contributed by atoms with Crippen LogP contribution < -0.4 is 11.4 Å². The Labute approximate surface area is 217 Å². The number of halogens is 3. The summed E-state index contributed by atoms with van der Waals surface area (Å²) in [6.07, 6.45) is -3.15. The van der Waals surface area contributed by atoms with E-state index < -0.39 is 29.4 Å². The van der Waals surface area contributed by atoms with Gasteiger partial charge in [-0.15, -0.1) is 10.2 Å². The lowest BCUT2D eigenvalue weighted by Crippen LogP contribution is -2.29. The number of fused-ring (bicyclic) bond motifs is 1. The zero-order chi connectivity index (χ0) is 27.9. The highest BCUT2D eigenvalue weighted by molar-refractivity contribution is 6.02. The average molecular weight is 539 g/mol. The van der Waals surface area contributed by atoms with Gasteiger partial charge in [0.1, 0.15) is 5.52 Å². The number of benzene rings is 2. The van der Waals surface area contributed by atoms with E-state index in [1.165, 1.54) is 36.4 Å². The molecule has 3 N–H and O–H groups in total. The number of H-pyrrole nitrogens is 1. The van der Waals surface area contributed by atoms with Crippen LogP contribution in [0.3, 0.4) is 0 Å². The van der Waals surface area contributed by atoms with Crippen molar-refractivity contribution >= 4 is 23.0 Å². The van der Waals surface area contributed by atoms with E-state index in [4.69, 9.17) is 10.5 Å². The molecule has 200 valence electrons. The van der Waals surface area contributed by atoms with Crippen LogP contribution in [0.5, 0.6) is 0 Å². The van der Waals surface area contributed by atoms with Crippen molar-refractivity contribution < 1.29 is 27.5 Å². The molecule has 2 aromatic heterocycles. The van der Waals surface area contributed by atoms with Gasteiger partial charge in [0.2, 0.25) is 0 Å². The molecular weight excluding hydrogens is 519 g/mol. The molecule has 0 atom stereocenters. The Hall–Kier alpha value is -4.88. The van der Waals surface area contributed by atoms with Gasteiger partial charge >= 0.3 is 23.5 Å². The number of nitrogens with two attached hydrogens (primary N) is 1. The number of unbranched alkanes of at least 4 members (excludes halogenated alkanes) is 1. The molecule has 2 aromatic carbocycles. The summed E-state index contributed by atoms with van der Waals surface area (Å²) in [6, 6.07) is 11.1. The normalized spacial score (nSPS) is 13.9. The molecule has 0 aliphatic carbocycles. The van der Waals surface area contributed by atoms with Crippen molar-refractivity contribution in [3.63, 3.8) is 0 Å². The van der Waals surface area contributed by atoms with Crippen molar-refractivity contribution in [3.05, 3.63) is 75.8 Å². The van der Waals surface area contributed by atoms with Crippen molar-refractivity contribution in [2.24, 2.45) is 16.0 Å². The number of alkyl halides is 3. The molecule has 0 unspecified atom stereocenters. The summed E-state index contributed by atoms with van der Waals surface area (Å²) in [6.45, 7) is 2.21. The maximum absolute atomic E-state index is 13.4. The molecule has 11 nitrogen and oxygen atoms in total. The van der Waals surface area contributed by atoms with Gasteiger partial charge in [-0.2, -0.15) is 13.2 Å². The van der Waals surface area contributed by atoms with Gasteiger partial charge in [-0.25, -0.2) is 24.1 Å². The first-order chi connectivity index (χ1) is 18.6. The molecule has 39 heavy (non-hydrogen) atoms. The summed E-state index contributed by atoms with van der Waals surface area (Å²) in [4.78, 5) is 48.7. The lowest BCUT2D eigenvalue weighted by atomic mass is 10.0. The van der Waals surface area contributed by atoms with Gasteiger partial charge in [0.15, 0.2) is 17.2 Å². The SMILES string of the molecule is CCCCOC(=O)c1cccc(-n2c(=O)[nH]c3c(C(N)=O)nc(-c4ccc(C5(C(F)(F)F)N=N5)cc4)nc32)c1. The first-order valence-electron chi connectivity index (χ1n) is 11.8. The van der Waals surface area contributed by atoms with Crippen LogP contribution in [0, 0.1) is 0 Å². The molecule has 1 amide bonds. The van der Waals surface area contributed by atoms with E-state index in [0.717, 1.165) is 11.0 Å². The second kappa shape index (κ2) is 9.45. The molecule has 1 aliphatic rings. The van der Waals surface area contributed by atoms with E-state index in [1.807, 2.05) is 6.92 Å². The molecule has 0 fully saturated rings. The van der Waals surface area contributed by atoms with Crippen LogP contribution in [0.15, 0.2) is 63.6 Å². The zero-order valence-electron chi connectivity index (χ0n) is 20.3. The number of hydrogen-bond donors (Lipinski definition) is 2. The van der Waals surface area contributed by atoms with E-state index in [-0.39, 0.29) is 51.7 Å². The molecule has 1 aliphatic heterocycles. The van der Waals surface area contributed by atoms with Gasteiger partial charge < -0.3 is 15.5 Å². The summed E-state index contributed by atoms with van der Waals surface area (Å²) in [5, 5.41) is 6.35. The minimum atomic E-state index is -4.69. The lowest BCUT2D eigenvalue weighted by molar-refractivity contribution is -0.166. The fraction of sp³-hybridized carbons (Fsp3) is 0.240. The predicted molar refractivity (Wildman–Crippen MR) is 131 cm³/mol. The maximum atomic E-state index is 13.4. The van der Waals surface area contributed by atoms with E-state index in [9.17, 15) is 27.6 Å². The van der Waals surface area contributed by atoms with E-state index in [1.54, 1.807) is 12.1 Å². The van der Waals surface area contributed by atoms with Crippen molar-refractivity contribution in [2.75, 3.05) is 6.61 Å². The predicted octanol–water partition coefficient (Wildman–Crippen LogP) is 4.01. The number of rotatable bonds is 8. The van der Waals surface area contributed by atoms with E-state index >= 15 is 0 Å². The average Bonchev–Trinajstić information content (AvgIpc) is 3.66. The fourth-order valence-corrected chi connectivity index (χ4v) is 3.99. The number of aromatic nitrogens is 4. The molecule has 0 saturated carbocycles. The van der Waals surface area contributed by atoms with Crippen LogP contribution in [-0.2, 0) is 10.4 Å². The second-order valence-electron chi connectivity index (χ2n) is 8.71. The highest BCUT2D eigenvalue weighted by Crippen LogP contribution is 2.52. The number of aromatic amines is 1. The van der Waals surface area contributed by atoms with Crippen molar-refractivity contribution in [1.29, 1.82) is 0 Å². The monoisotopic (exact) mass is 539 g/mol. The van der Waals surface area contributed by atoms with Crippen molar-refractivity contribution in [1.82, 2.24) is 19.5 Å². The van der Waals surface area contributed by atoms with E-state index in [0.29, 0.717) is 6.42 Å². The number of ether oxygens (including phenoxy) is 1. The van der Waals surface area contributed by atoms with Crippen LogP contribution in [-0.4, -0.2) is 44.2 Å². The third-order valence-electron chi connectivity index (χ3n) is 6.08. The summed E-state index contributed by atoms with van der Waals surface area (Å²) < 4.78 is 46.4. The first kappa shape index (κ1) is 25.8. The number of carbonyl (C=O) groups is 2. The van der Waals surface area contributed by atoms with Crippen LogP contribution in [0.25, 0.3) is 28.2 Å². The minimum absolute atomic E-state index is 0.0293. The summed E-state index contributed by atoms with van der Waals surface area (Å²) in [5.41, 5.74) is 2.34. The van der Waals surface area contributed by atoms with E-state index in [2.05, 4.69) is 25.2 Å². The number of hydrogen-bond acceptors (Lipinski definition) is 8.